The number of aliphatic imine (C=N–C) groups is 1. The van der Waals surface area contributed by atoms with Crippen molar-refractivity contribution in [3.05, 3.63) is 83.4 Å². The Labute approximate surface area is 214 Å². The Hall–Kier alpha value is -2.42. The van der Waals surface area contributed by atoms with E-state index < -0.39 is 0 Å². The summed E-state index contributed by atoms with van der Waals surface area (Å²) in [5.74, 6) is 3.39. The molecule has 2 aromatic carbocycles. The van der Waals surface area contributed by atoms with E-state index in [-0.39, 0.29) is 29.9 Å². The molecule has 176 valence electrons. The summed E-state index contributed by atoms with van der Waals surface area (Å²) in [5, 5.41) is 15.8. The van der Waals surface area contributed by atoms with Gasteiger partial charge in [-0.15, -0.1) is 34.2 Å². The summed E-state index contributed by atoms with van der Waals surface area (Å²) >= 11 is 0. The zero-order valence-electron chi connectivity index (χ0n) is 19.4. The molecule has 6 nitrogen and oxygen atoms in total. The second-order valence-electron chi connectivity index (χ2n) is 8.35. The molecular formula is C26H35IN6. The minimum absolute atomic E-state index is 0. The number of halogens is 1. The summed E-state index contributed by atoms with van der Waals surface area (Å²) < 4.78 is 2.34. The molecule has 0 fully saturated rings. The molecular weight excluding hydrogens is 523 g/mol. The average molecular weight is 559 g/mol. The van der Waals surface area contributed by atoms with Gasteiger partial charge in [-0.25, -0.2) is 0 Å². The Kier molecular flexibility index (Phi) is 10.2. The fraction of sp³-hybridized carbons (Fsp3) is 0.423. The predicted octanol–water partition coefficient (Wildman–Crippen LogP) is 4.55. The molecule has 33 heavy (non-hydrogen) atoms. The Bertz CT molecular complexity index is 947. The van der Waals surface area contributed by atoms with Crippen molar-refractivity contribution in [2.45, 2.75) is 51.0 Å². The standard InChI is InChI=1S/C26H34N6.HI/c1-27-26(28-18-11-17-25-31-30-24-16-9-4-10-19-32(24)25)29-20-23(21-12-5-2-6-13-21)22-14-7-3-8-15-22;/h2-3,5-8,12-15,23H,4,9-11,16-20H2,1H3,(H2,27,28,29);1H. The Morgan fingerprint density at radius 1 is 0.939 bits per heavy atom. The van der Waals surface area contributed by atoms with Crippen LogP contribution in [0.1, 0.15) is 54.4 Å². The average Bonchev–Trinajstić information content (AvgIpc) is 3.07. The summed E-state index contributed by atoms with van der Waals surface area (Å²) in [4.78, 5) is 4.43. The van der Waals surface area contributed by atoms with E-state index in [2.05, 4.69) is 91.1 Å². The van der Waals surface area contributed by atoms with Gasteiger partial charge in [0.2, 0.25) is 0 Å². The lowest BCUT2D eigenvalue weighted by Crippen LogP contribution is -2.40. The molecule has 2 N–H and O–H groups in total. The number of nitrogens with one attached hydrogen (secondary N) is 2. The number of hydrogen-bond donors (Lipinski definition) is 2. The minimum atomic E-state index is 0. The Balaban J connectivity index is 0.00000306. The number of hydrogen-bond acceptors (Lipinski definition) is 3. The van der Waals surface area contributed by atoms with Gasteiger partial charge in [0.05, 0.1) is 0 Å². The molecule has 2 heterocycles. The molecule has 0 atom stereocenters. The molecule has 0 amide bonds. The van der Waals surface area contributed by atoms with E-state index in [1.54, 1.807) is 0 Å². The number of aromatic nitrogens is 3. The fourth-order valence-corrected chi connectivity index (χ4v) is 4.40. The quantitative estimate of drug-likeness (QED) is 0.184. The van der Waals surface area contributed by atoms with Gasteiger partial charge in [-0.1, -0.05) is 67.1 Å². The van der Waals surface area contributed by atoms with Crippen molar-refractivity contribution in [2.75, 3.05) is 20.1 Å². The zero-order valence-corrected chi connectivity index (χ0v) is 21.7. The summed E-state index contributed by atoms with van der Waals surface area (Å²) in [5.41, 5.74) is 2.60. The lowest BCUT2D eigenvalue weighted by Gasteiger charge is -2.20. The van der Waals surface area contributed by atoms with Crippen molar-refractivity contribution in [3.8, 4) is 0 Å². The van der Waals surface area contributed by atoms with Crippen LogP contribution < -0.4 is 10.6 Å². The highest BCUT2D eigenvalue weighted by molar-refractivity contribution is 14.0. The molecule has 0 unspecified atom stereocenters. The third-order valence-electron chi connectivity index (χ3n) is 6.16. The Morgan fingerprint density at radius 2 is 1.64 bits per heavy atom. The second kappa shape index (κ2) is 13.3. The highest BCUT2D eigenvalue weighted by atomic mass is 127. The SMILES string of the molecule is CN=C(NCCCc1nnc2n1CCCCC2)NCC(c1ccccc1)c1ccccc1.I. The number of nitrogens with zero attached hydrogens (tertiary/aromatic N) is 4. The second-order valence-corrected chi connectivity index (χ2v) is 8.35. The maximum Gasteiger partial charge on any atom is 0.191 e. The van der Waals surface area contributed by atoms with Crippen LogP contribution in [0.4, 0.5) is 0 Å². The first-order chi connectivity index (χ1) is 15.8. The van der Waals surface area contributed by atoms with Gasteiger partial charge in [0, 0.05) is 45.4 Å². The minimum Gasteiger partial charge on any atom is -0.356 e. The van der Waals surface area contributed by atoms with Gasteiger partial charge < -0.3 is 15.2 Å². The predicted molar refractivity (Wildman–Crippen MR) is 145 cm³/mol. The van der Waals surface area contributed by atoms with Crippen molar-refractivity contribution in [1.82, 2.24) is 25.4 Å². The summed E-state index contributed by atoms with van der Waals surface area (Å²) in [6.45, 7) is 2.70. The van der Waals surface area contributed by atoms with Gasteiger partial charge in [0.25, 0.3) is 0 Å². The molecule has 0 saturated carbocycles. The number of aryl methyl sites for hydroxylation is 2. The molecule has 4 rings (SSSR count). The van der Waals surface area contributed by atoms with Gasteiger partial charge in [0.1, 0.15) is 11.6 Å². The molecule has 0 bridgehead atoms. The van der Waals surface area contributed by atoms with Crippen LogP contribution in [0, 0.1) is 0 Å². The first-order valence-electron chi connectivity index (χ1n) is 11.8. The van der Waals surface area contributed by atoms with Gasteiger partial charge in [-0.05, 0) is 30.4 Å². The van der Waals surface area contributed by atoms with Gasteiger partial charge in [0.15, 0.2) is 5.96 Å². The summed E-state index contributed by atoms with van der Waals surface area (Å²) in [7, 11) is 1.83. The Morgan fingerprint density at radius 3 is 2.30 bits per heavy atom. The molecule has 0 saturated heterocycles. The summed E-state index contributed by atoms with van der Waals surface area (Å²) in [6, 6.07) is 21.3. The van der Waals surface area contributed by atoms with Crippen LogP contribution in [0.25, 0.3) is 0 Å². The van der Waals surface area contributed by atoms with E-state index in [0.717, 1.165) is 56.5 Å². The van der Waals surface area contributed by atoms with Gasteiger partial charge in [-0.2, -0.15) is 0 Å². The van der Waals surface area contributed by atoms with Crippen molar-refractivity contribution in [1.29, 1.82) is 0 Å². The highest BCUT2D eigenvalue weighted by Crippen LogP contribution is 2.23. The van der Waals surface area contributed by atoms with Gasteiger partial charge in [-0.3, -0.25) is 4.99 Å². The van der Waals surface area contributed by atoms with E-state index in [4.69, 9.17) is 0 Å². The maximum atomic E-state index is 4.44. The first-order valence-corrected chi connectivity index (χ1v) is 11.8. The zero-order chi connectivity index (χ0) is 22.0. The number of rotatable bonds is 8. The van der Waals surface area contributed by atoms with Crippen LogP contribution in [0.2, 0.25) is 0 Å². The van der Waals surface area contributed by atoms with Crippen molar-refractivity contribution in [2.24, 2.45) is 4.99 Å². The van der Waals surface area contributed by atoms with Crippen LogP contribution in [-0.4, -0.2) is 40.9 Å². The van der Waals surface area contributed by atoms with E-state index >= 15 is 0 Å². The van der Waals surface area contributed by atoms with Crippen molar-refractivity contribution < 1.29 is 0 Å². The normalized spacial score (nSPS) is 13.7. The maximum absolute atomic E-state index is 4.44. The largest absolute Gasteiger partial charge is 0.356 e. The van der Waals surface area contributed by atoms with Crippen molar-refractivity contribution in [3.63, 3.8) is 0 Å². The monoisotopic (exact) mass is 558 g/mol. The third kappa shape index (κ3) is 7.03. The summed E-state index contributed by atoms with van der Waals surface area (Å²) in [6.07, 6.45) is 6.75. The molecule has 1 aliphatic heterocycles. The molecule has 0 spiro atoms. The van der Waals surface area contributed by atoms with Crippen LogP contribution in [-0.2, 0) is 19.4 Å². The van der Waals surface area contributed by atoms with E-state index in [1.807, 2.05) is 7.05 Å². The first kappa shape index (κ1) is 25.2. The lowest BCUT2D eigenvalue weighted by atomic mass is 9.91. The van der Waals surface area contributed by atoms with Crippen LogP contribution in [0.3, 0.4) is 0 Å². The smallest absolute Gasteiger partial charge is 0.191 e. The molecule has 3 aromatic rings. The molecule has 1 aromatic heterocycles. The highest BCUT2D eigenvalue weighted by Gasteiger charge is 2.15. The van der Waals surface area contributed by atoms with Crippen LogP contribution in [0.5, 0.6) is 0 Å². The van der Waals surface area contributed by atoms with Crippen LogP contribution >= 0.6 is 24.0 Å². The number of benzene rings is 2. The molecule has 7 heteroatoms. The third-order valence-corrected chi connectivity index (χ3v) is 6.16. The van der Waals surface area contributed by atoms with Gasteiger partial charge >= 0.3 is 0 Å². The molecule has 0 radical (unpaired) electrons. The molecule has 1 aliphatic rings. The number of fused-ring (bicyclic) bond motifs is 1. The van der Waals surface area contributed by atoms with E-state index in [1.165, 1.54) is 30.4 Å². The van der Waals surface area contributed by atoms with Crippen molar-refractivity contribution >= 4 is 29.9 Å². The topological polar surface area (TPSA) is 67.1 Å². The molecule has 0 aliphatic carbocycles. The lowest BCUT2D eigenvalue weighted by molar-refractivity contribution is 0.593. The van der Waals surface area contributed by atoms with E-state index in [9.17, 15) is 0 Å². The van der Waals surface area contributed by atoms with E-state index in [0.29, 0.717) is 0 Å². The van der Waals surface area contributed by atoms with Crippen LogP contribution in [0.15, 0.2) is 65.7 Å². The number of guanidine groups is 1. The fourth-order valence-electron chi connectivity index (χ4n) is 4.40.